The van der Waals surface area contributed by atoms with E-state index in [-0.39, 0.29) is 6.04 Å². The molecule has 2 N–H and O–H groups in total. The third-order valence-electron chi connectivity index (χ3n) is 3.04. The summed E-state index contributed by atoms with van der Waals surface area (Å²) in [7, 11) is 0. The van der Waals surface area contributed by atoms with Crippen LogP contribution in [0.25, 0.3) is 0 Å². The quantitative estimate of drug-likeness (QED) is 0.909. The van der Waals surface area contributed by atoms with Gasteiger partial charge in [0.25, 0.3) is 0 Å². The van der Waals surface area contributed by atoms with Crippen molar-refractivity contribution in [2.75, 3.05) is 0 Å². The highest BCUT2D eigenvalue weighted by atomic mass is 35.5. The Morgan fingerprint density at radius 1 is 1.29 bits per heavy atom. The Balaban J connectivity index is 2.22. The summed E-state index contributed by atoms with van der Waals surface area (Å²) in [5, 5.41) is 0. The Kier molecular flexibility index (Phi) is 3.61. The minimum absolute atomic E-state index is 0.0258. The molecular weight excluding hydrogens is 254 g/mol. The number of hydrogen-bond acceptors (Lipinski definition) is 3. The molecule has 2 aromatic heterocycles. The van der Waals surface area contributed by atoms with Crippen LogP contribution in [0.2, 0.25) is 4.34 Å². The van der Waals surface area contributed by atoms with Gasteiger partial charge in [0.15, 0.2) is 0 Å². The Morgan fingerprint density at radius 2 is 2.00 bits per heavy atom. The molecule has 0 aliphatic carbocycles. The molecule has 17 heavy (non-hydrogen) atoms. The molecular formula is C13H16ClNOS. The molecule has 2 heterocycles. The lowest BCUT2D eigenvalue weighted by Crippen LogP contribution is -2.14. The number of furan rings is 1. The second-order valence-corrected chi connectivity index (χ2v) is 6.07. The number of nitrogens with two attached hydrogens (primary N) is 1. The summed E-state index contributed by atoms with van der Waals surface area (Å²) in [6, 6.07) is 3.92. The van der Waals surface area contributed by atoms with Crippen molar-refractivity contribution >= 4 is 22.9 Å². The topological polar surface area (TPSA) is 39.2 Å². The van der Waals surface area contributed by atoms with E-state index in [1.807, 2.05) is 26.0 Å². The van der Waals surface area contributed by atoms with Crippen molar-refractivity contribution in [3.05, 3.63) is 44.0 Å². The van der Waals surface area contributed by atoms with E-state index in [1.54, 1.807) is 11.3 Å². The third-order valence-corrected chi connectivity index (χ3v) is 4.29. The fourth-order valence-corrected chi connectivity index (χ4v) is 3.28. The van der Waals surface area contributed by atoms with E-state index in [2.05, 4.69) is 6.92 Å². The van der Waals surface area contributed by atoms with Crippen LogP contribution in [0.5, 0.6) is 0 Å². The molecule has 0 fully saturated rings. The molecule has 0 aliphatic rings. The fraction of sp³-hybridized carbons (Fsp3) is 0.385. The predicted octanol–water partition coefficient (Wildman–Crippen LogP) is 4.16. The van der Waals surface area contributed by atoms with Crippen molar-refractivity contribution in [2.45, 2.75) is 33.2 Å². The van der Waals surface area contributed by atoms with Crippen molar-refractivity contribution in [1.82, 2.24) is 0 Å². The van der Waals surface area contributed by atoms with Crippen molar-refractivity contribution in [3.63, 3.8) is 0 Å². The SMILES string of the molecule is Cc1oc(C)c(C(N)Cc2ccc(Cl)s2)c1C. The van der Waals surface area contributed by atoms with Crippen molar-refractivity contribution in [1.29, 1.82) is 0 Å². The van der Waals surface area contributed by atoms with Gasteiger partial charge in [0.2, 0.25) is 0 Å². The van der Waals surface area contributed by atoms with Crippen LogP contribution >= 0.6 is 22.9 Å². The lowest BCUT2D eigenvalue weighted by Gasteiger charge is -2.10. The van der Waals surface area contributed by atoms with Gasteiger partial charge in [-0.2, -0.15) is 0 Å². The van der Waals surface area contributed by atoms with Gasteiger partial charge in [0.05, 0.1) is 4.34 Å². The monoisotopic (exact) mass is 269 g/mol. The van der Waals surface area contributed by atoms with E-state index >= 15 is 0 Å². The Bertz CT molecular complexity index is 530. The molecule has 0 radical (unpaired) electrons. The zero-order chi connectivity index (χ0) is 12.6. The molecule has 0 amide bonds. The van der Waals surface area contributed by atoms with Crippen molar-refractivity contribution in [3.8, 4) is 0 Å². The third kappa shape index (κ3) is 2.57. The highest BCUT2D eigenvalue weighted by Gasteiger charge is 2.18. The molecule has 0 aliphatic heterocycles. The van der Waals surface area contributed by atoms with Crippen LogP contribution in [0.1, 0.15) is 33.6 Å². The molecule has 0 saturated carbocycles. The van der Waals surface area contributed by atoms with Crippen LogP contribution < -0.4 is 5.73 Å². The lowest BCUT2D eigenvalue weighted by atomic mass is 10.00. The summed E-state index contributed by atoms with van der Waals surface area (Å²) in [4.78, 5) is 1.21. The van der Waals surface area contributed by atoms with Gasteiger partial charge in [-0.1, -0.05) is 11.6 Å². The molecule has 0 saturated heterocycles. The van der Waals surface area contributed by atoms with Gasteiger partial charge in [-0.25, -0.2) is 0 Å². The van der Waals surface area contributed by atoms with E-state index in [0.29, 0.717) is 0 Å². The van der Waals surface area contributed by atoms with Gasteiger partial charge >= 0.3 is 0 Å². The summed E-state index contributed by atoms with van der Waals surface area (Å²) >= 11 is 7.50. The zero-order valence-corrected chi connectivity index (χ0v) is 11.8. The van der Waals surface area contributed by atoms with Crippen molar-refractivity contribution in [2.24, 2.45) is 5.73 Å². The van der Waals surface area contributed by atoms with Gasteiger partial charge in [-0.3, -0.25) is 0 Å². The first-order chi connectivity index (χ1) is 7.99. The highest BCUT2D eigenvalue weighted by molar-refractivity contribution is 7.16. The maximum Gasteiger partial charge on any atom is 0.106 e. The summed E-state index contributed by atoms with van der Waals surface area (Å²) < 4.78 is 6.42. The van der Waals surface area contributed by atoms with Crippen LogP contribution in [0.3, 0.4) is 0 Å². The second-order valence-electron chi connectivity index (χ2n) is 4.27. The minimum Gasteiger partial charge on any atom is -0.466 e. The van der Waals surface area contributed by atoms with Gasteiger partial charge in [0, 0.05) is 22.9 Å². The van der Waals surface area contributed by atoms with E-state index < -0.39 is 0 Å². The predicted molar refractivity (Wildman–Crippen MR) is 72.9 cm³/mol. The van der Waals surface area contributed by atoms with E-state index in [9.17, 15) is 0 Å². The number of rotatable bonds is 3. The van der Waals surface area contributed by atoms with E-state index in [4.69, 9.17) is 21.8 Å². The number of hydrogen-bond donors (Lipinski definition) is 1. The first-order valence-electron chi connectivity index (χ1n) is 5.55. The number of thiophene rings is 1. The maximum absolute atomic E-state index is 6.25. The average Bonchev–Trinajstić information content (AvgIpc) is 2.73. The summed E-state index contributed by atoms with van der Waals surface area (Å²) in [5.74, 6) is 1.88. The molecule has 1 unspecified atom stereocenters. The van der Waals surface area contributed by atoms with E-state index in [0.717, 1.165) is 33.4 Å². The molecule has 0 aromatic carbocycles. The summed E-state index contributed by atoms with van der Waals surface area (Å²) in [6.07, 6.45) is 0.804. The Labute approximate surface area is 110 Å². The lowest BCUT2D eigenvalue weighted by molar-refractivity contribution is 0.496. The molecule has 0 bridgehead atoms. The van der Waals surface area contributed by atoms with Crippen LogP contribution in [-0.4, -0.2) is 0 Å². The fourth-order valence-electron chi connectivity index (χ4n) is 2.13. The van der Waals surface area contributed by atoms with Crippen LogP contribution in [0, 0.1) is 20.8 Å². The minimum atomic E-state index is -0.0258. The molecule has 1 atom stereocenters. The van der Waals surface area contributed by atoms with E-state index in [1.165, 1.54) is 4.88 Å². The van der Waals surface area contributed by atoms with Crippen LogP contribution in [0.15, 0.2) is 16.5 Å². The number of halogens is 1. The molecule has 2 nitrogen and oxygen atoms in total. The first kappa shape index (κ1) is 12.7. The molecule has 0 spiro atoms. The molecule has 2 aromatic rings. The normalized spacial score (nSPS) is 13.0. The molecule has 2 rings (SSSR count). The van der Waals surface area contributed by atoms with Crippen molar-refractivity contribution < 1.29 is 4.42 Å². The number of aryl methyl sites for hydroxylation is 2. The average molecular weight is 270 g/mol. The summed E-state index contributed by atoms with van der Waals surface area (Å²) in [6.45, 7) is 6.00. The Morgan fingerprint density at radius 3 is 2.47 bits per heavy atom. The largest absolute Gasteiger partial charge is 0.466 e. The highest BCUT2D eigenvalue weighted by Crippen LogP contribution is 2.30. The summed E-state index contributed by atoms with van der Waals surface area (Å²) in [5.41, 5.74) is 8.55. The van der Waals surface area contributed by atoms with Gasteiger partial charge in [-0.05, 0) is 38.5 Å². The van der Waals surface area contributed by atoms with Crippen LogP contribution in [0.4, 0.5) is 0 Å². The Hall–Kier alpha value is -0.770. The van der Waals surface area contributed by atoms with Gasteiger partial charge in [0.1, 0.15) is 11.5 Å². The first-order valence-corrected chi connectivity index (χ1v) is 6.74. The van der Waals surface area contributed by atoms with Gasteiger partial charge in [-0.15, -0.1) is 11.3 Å². The van der Waals surface area contributed by atoms with Crippen LogP contribution in [-0.2, 0) is 6.42 Å². The molecule has 4 heteroatoms. The standard InChI is InChI=1S/C13H16ClNOS/c1-7-8(2)16-9(3)13(7)11(15)6-10-4-5-12(14)17-10/h4-5,11H,6,15H2,1-3H3. The smallest absolute Gasteiger partial charge is 0.106 e. The maximum atomic E-state index is 6.25. The zero-order valence-electron chi connectivity index (χ0n) is 10.2. The van der Waals surface area contributed by atoms with Gasteiger partial charge < -0.3 is 10.2 Å². The second kappa shape index (κ2) is 4.84. The molecule has 92 valence electrons.